The van der Waals surface area contributed by atoms with Crippen LogP contribution in [0.1, 0.15) is 50.6 Å². The molecule has 2 aliphatic heterocycles. The Morgan fingerprint density at radius 3 is 2.59 bits per heavy atom. The average molecular weight is 540 g/mol. The van der Waals surface area contributed by atoms with E-state index in [-0.39, 0.29) is 31.0 Å². The number of alkyl halides is 3. The minimum absolute atomic E-state index is 0.0816. The van der Waals surface area contributed by atoms with Crippen LogP contribution in [0, 0.1) is 0 Å². The Balaban J connectivity index is 1.38. The molecule has 0 aliphatic carbocycles. The van der Waals surface area contributed by atoms with Crippen LogP contribution < -0.4 is 9.64 Å². The molecule has 0 bridgehead atoms. The van der Waals surface area contributed by atoms with Crippen LogP contribution in [0.25, 0.3) is 10.2 Å². The Morgan fingerprint density at radius 1 is 1.16 bits per heavy atom. The fraction of sp³-hybridized carbons (Fsp3) is 0.609. The van der Waals surface area contributed by atoms with Crippen LogP contribution in [0.4, 0.5) is 23.8 Å². The molecule has 37 heavy (non-hydrogen) atoms. The second-order valence-electron chi connectivity index (χ2n) is 10.1. The first kappa shape index (κ1) is 25.5. The van der Waals surface area contributed by atoms with Crippen LogP contribution in [-0.4, -0.2) is 67.1 Å². The van der Waals surface area contributed by atoms with E-state index in [0.717, 1.165) is 32.5 Å². The summed E-state index contributed by atoms with van der Waals surface area (Å²) < 4.78 is 52.4. The van der Waals surface area contributed by atoms with Crippen LogP contribution in [0.3, 0.4) is 0 Å². The highest BCUT2D eigenvalue weighted by molar-refractivity contribution is 7.18. The van der Waals surface area contributed by atoms with Gasteiger partial charge >= 0.3 is 18.3 Å². The van der Waals surface area contributed by atoms with Crippen molar-refractivity contribution in [1.82, 2.24) is 29.6 Å². The Hall–Kier alpha value is -3.16. The summed E-state index contributed by atoms with van der Waals surface area (Å²) in [5.41, 5.74) is -0.582. The van der Waals surface area contributed by atoms with Gasteiger partial charge in [0.1, 0.15) is 22.4 Å². The summed E-state index contributed by atoms with van der Waals surface area (Å²) in [6.45, 7) is 8.73. The van der Waals surface area contributed by atoms with Crippen molar-refractivity contribution in [3.8, 4) is 6.01 Å². The predicted octanol–water partition coefficient (Wildman–Crippen LogP) is 4.27. The third kappa shape index (κ3) is 5.29. The zero-order chi connectivity index (χ0) is 26.5. The molecular weight excluding hydrogens is 511 g/mol. The van der Waals surface area contributed by atoms with Gasteiger partial charge < -0.3 is 23.8 Å². The van der Waals surface area contributed by atoms with E-state index in [1.54, 1.807) is 16.2 Å². The Bertz CT molecular complexity index is 1310. The van der Waals surface area contributed by atoms with Crippen molar-refractivity contribution >= 4 is 33.5 Å². The first-order valence-electron chi connectivity index (χ1n) is 12.1. The van der Waals surface area contributed by atoms with Gasteiger partial charge in [-0.15, -0.1) is 21.5 Å². The number of aryl methyl sites for hydroxylation is 1. The second kappa shape index (κ2) is 9.30. The number of anilines is 1. The van der Waals surface area contributed by atoms with Gasteiger partial charge in [-0.25, -0.2) is 4.79 Å². The first-order valence-corrected chi connectivity index (χ1v) is 12.9. The summed E-state index contributed by atoms with van der Waals surface area (Å²) in [4.78, 5) is 26.8. The van der Waals surface area contributed by atoms with E-state index in [1.165, 1.54) is 0 Å². The molecule has 0 N–H and O–H groups in total. The fourth-order valence-corrected chi connectivity index (χ4v) is 5.40. The first-order chi connectivity index (χ1) is 17.4. The topological polar surface area (TPSA) is 98.5 Å². The van der Waals surface area contributed by atoms with Crippen molar-refractivity contribution in [2.24, 2.45) is 0 Å². The summed E-state index contributed by atoms with van der Waals surface area (Å²) in [6, 6.07) is 2.21. The smallest absolute Gasteiger partial charge is 0.451 e. The molecule has 5 rings (SSSR count). The van der Waals surface area contributed by atoms with Crippen molar-refractivity contribution in [1.29, 1.82) is 0 Å². The number of nitrogens with zero attached hydrogens (tertiary/aromatic N) is 7. The number of hydrogen-bond donors (Lipinski definition) is 0. The number of likely N-dealkylation sites (tertiary alicyclic amines) is 1. The third-order valence-electron chi connectivity index (χ3n) is 5.98. The fourth-order valence-electron chi connectivity index (χ4n) is 4.29. The van der Waals surface area contributed by atoms with Crippen LogP contribution >= 0.6 is 11.3 Å². The van der Waals surface area contributed by atoms with Gasteiger partial charge in [0.25, 0.3) is 0 Å². The lowest BCUT2D eigenvalue weighted by molar-refractivity contribution is -0.147. The van der Waals surface area contributed by atoms with E-state index in [2.05, 4.69) is 27.1 Å². The van der Waals surface area contributed by atoms with Crippen LogP contribution in [0.2, 0.25) is 0 Å². The van der Waals surface area contributed by atoms with Gasteiger partial charge in [-0.3, -0.25) is 0 Å². The summed E-state index contributed by atoms with van der Waals surface area (Å²) in [6.07, 6.45) is -3.40. The summed E-state index contributed by atoms with van der Waals surface area (Å²) in [7, 11) is 0. The number of thiophene rings is 1. The number of ether oxygens (including phenoxy) is 2. The lowest BCUT2D eigenvalue weighted by atomic mass is 10.2. The highest BCUT2D eigenvalue weighted by Gasteiger charge is 2.40. The molecule has 10 nitrogen and oxygen atoms in total. The normalized spacial score (nSPS) is 16.6. The molecule has 0 radical (unpaired) electrons. The molecule has 0 aromatic carbocycles. The predicted molar refractivity (Wildman–Crippen MR) is 130 cm³/mol. The molecule has 2 aliphatic rings. The molecule has 1 fully saturated rings. The van der Waals surface area contributed by atoms with E-state index < -0.39 is 23.7 Å². The quantitative estimate of drug-likeness (QED) is 0.474. The Morgan fingerprint density at radius 2 is 1.92 bits per heavy atom. The number of carbonyl (C=O) groups is 1. The van der Waals surface area contributed by atoms with Crippen molar-refractivity contribution in [3.63, 3.8) is 0 Å². The number of fused-ring (bicyclic) bond motifs is 2. The minimum Gasteiger partial charge on any atom is -0.456 e. The molecule has 0 spiro atoms. The molecule has 0 atom stereocenters. The standard InChI is InChI=1S/C23H28F3N7O3S/c1-5-6-14-9-15-17(31-7-8-33-16(12-31)29-30-19(33)23(24,25)26)27-20(28-18(15)37-14)35-13-10-32(11-13)21(34)36-22(2,3)4/h9,13H,5-8,10-12H2,1-4H3. The maximum atomic E-state index is 13.3. The Kier molecular flexibility index (Phi) is 6.40. The van der Waals surface area contributed by atoms with Crippen LogP contribution in [0.5, 0.6) is 6.01 Å². The minimum atomic E-state index is -4.56. The number of aromatic nitrogens is 5. The van der Waals surface area contributed by atoms with E-state index in [1.807, 2.05) is 31.7 Å². The van der Waals surface area contributed by atoms with E-state index in [4.69, 9.17) is 9.47 Å². The number of carbonyl (C=O) groups excluding carboxylic acids is 1. The molecule has 200 valence electrons. The van der Waals surface area contributed by atoms with Crippen molar-refractivity contribution < 1.29 is 27.4 Å². The average Bonchev–Trinajstić information content (AvgIpc) is 3.37. The van der Waals surface area contributed by atoms with Crippen LogP contribution in [-0.2, 0) is 30.4 Å². The highest BCUT2D eigenvalue weighted by atomic mass is 32.1. The molecule has 1 amide bonds. The van der Waals surface area contributed by atoms with E-state index >= 15 is 0 Å². The van der Waals surface area contributed by atoms with Crippen LogP contribution in [0.15, 0.2) is 6.07 Å². The number of rotatable bonds is 5. The van der Waals surface area contributed by atoms with Crippen molar-refractivity contribution in [3.05, 3.63) is 22.6 Å². The number of amides is 1. The van der Waals surface area contributed by atoms with Crippen molar-refractivity contribution in [2.45, 2.75) is 71.5 Å². The molecule has 0 unspecified atom stereocenters. The van der Waals surface area contributed by atoms with Gasteiger partial charge in [0, 0.05) is 18.0 Å². The number of halogens is 3. The molecule has 0 saturated carbocycles. The zero-order valence-corrected chi connectivity index (χ0v) is 21.8. The maximum Gasteiger partial charge on any atom is 0.451 e. The molecule has 3 aromatic rings. The van der Waals surface area contributed by atoms with Gasteiger partial charge in [-0.1, -0.05) is 13.3 Å². The third-order valence-corrected chi connectivity index (χ3v) is 7.07. The monoisotopic (exact) mass is 539 g/mol. The van der Waals surface area contributed by atoms with Gasteiger partial charge in [0.2, 0.25) is 5.82 Å². The molecular formula is C23H28F3N7O3S. The molecule has 5 heterocycles. The lowest BCUT2D eigenvalue weighted by Gasteiger charge is -2.39. The number of hydrogen-bond acceptors (Lipinski definition) is 9. The zero-order valence-electron chi connectivity index (χ0n) is 21.0. The van der Waals surface area contributed by atoms with Gasteiger partial charge in [-0.05, 0) is 33.3 Å². The summed E-state index contributed by atoms with van der Waals surface area (Å²) in [5, 5.41) is 7.98. The summed E-state index contributed by atoms with van der Waals surface area (Å²) >= 11 is 1.55. The van der Waals surface area contributed by atoms with Gasteiger partial charge in [0.05, 0.1) is 25.0 Å². The SMILES string of the molecule is CCCc1cc2c(N3CCn4c(nnc4C(F)(F)F)C3)nc(OC3CN(C(=O)OC(C)(C)C)C3)nc2s1. The largest absolute Gasteiger partial charge is 0.456 e. The van der Waals surface area contributed by atoms with Gasteiger partial charge in [-0.2, -0.15) is 23.1 Å². The Labute approximate surface area is 215 Å². The van der Waals surface area contributed by atoms with E-state index in [9.17, 15) is 18.0 Å². The molecule has 1 saturated heterocycles. The maximum absolute atomic E-state index is 13.3. The highest BCUT2D eigenvalue weighted by Crippen LogP contribution is 2.36. The van der Waals surface area contributed by atoms with Gasteiger partial charge in [0.15, 0.2) is 5.82 Å². The van der Waals surface area contributed by atoms with E-state index in [0.29, 0.717) is 25.5 Å². The lowest BCUT2D eigenvalue weighted by Crippen LogP contribution is -2.57. The molecule has 14 heteroatoms. The van der Waals surface area contributed by atoms with Crippen molar-refractivity contribution in [2.75, 3.05) is 24.5 Å². The second-order valence-corrected chi connectivity index (χ2v) is 11.3. The molecule has 3 aromatic heterocycles. The summed E-state index contributed by atoms with van der Waals surface area (Å²) in [5.74, 6) is -0.173.